The topological polar surface area (TPSA) is 157 Å². The summed E-state index contributed by atoms with van der Waals surface area (Å²) in [5, 5.41) is 19.3. The number of carbonyl (C=O) groups excluding carboxylic acids is 4. The molecule has 0 aliphatic carbocycles. The number of nitrogens with one attached hydrogen (secondary N) is 4. The Morgan fingerprint density at radius 1 is 0.469 bits per heavy atom. The number of carbonyl (C=O) groups is 4. The van der Waals surface area contributed by atoms with Crippen LogP contribution in [-0.2, 0) is 0 Å². The Morgan fingerprint density at radius 2 is 0.781 bits per heavy atom. The van der Waals surface area contributed by atoms with Crippen LogP contribution in [0.2, 0.25) is 0 Å². The summed E-state index contributed by atoms with van der Waals surface area (Å²) < 4.78 is 0. The number of para-hydroxylation sites is 2. The van der Waals surface area contributed by atoms with Gasteiger partial charge in [-0.3, -0.25) is 40.9 Å². The second-order valence-corrected chi connectivity index (χ2v) is 6.43. The molecule has 0 heterocycles. The van der Waals surface area contributed by atoms with E-state index in [9.17, 15) is 29.4 Å². The van der Waals surface area contributed by atoms with Crippen molar-refractivity contribution < 1.29 is 29.4 Å². The summed E-state index contributed by atoms with van der Waals surface area (Å²) in [5.41, 5.74) is 9.06. The molecule has 0 aromatic heterocycles. The minimum Gasteiger partial charge on any atom is -0.507 e. The van der Waals surface area contributed by atoms with Crippen molar-refractivity contribution in [2.75, 3.05) is 0 Å². The number of phenols is 2. The molecule has 3 aromatic carbocycles. The van der Waals surface area contributed by atoms with Crippen molar-refractivity contribution >= 4 is 23.6 Å². The highest BCUT2D eigenvalue weighted by atomic mass is 16.3. The van der Waals surface area contributed by atoms with Crippen molar-refractivity contribution in [3.8, 4) is 11.5 Å². The zero-order valence-corrected chi connectivity index (χ0v) is 16.5. The smallest absolute Gasteiger partial charge is 0.273 e. The Labute approximate surface area is 181 Å². The van der Waals surface area contributed by atoms with Crippen LogP contribution >= 0.6 is 0 Å². The number of hydrogen-bond acceptors (Lipinski definition) is 6. The summed E-state index contributed by atoms with van der Waals surface area (Å²) in [6.07, 6.45) is 0. The predicted molar refractivity (Wildman–Crippen MR) is 113 cm³/mol. The molecule has 0 bridgehead atoms. The van der Waals surface area contributed by atoms with Gasteiger partial charge in [0.15, 0.2) is 0 Å². The van der Waals surface area contributed by atoms with Gasteiger partial charge in [-0.15, -0.1) is 0 Å². The van der Waals surface area contributed by atoms with Gasteiger partial charge >= 0.3 is 0 Å². The average Bonchev–Trinajstić information content (AvgIpc) is 2.81. The van der Waals surface area contributed by atoms with Crippen LogP contribution in [0.3, 0.4) is 0 Å². The second-order valence-electron chi connectivity index (χ2n) is 6.43. The molecule has 0 spiro atoms. The molecular weight excluding hydrogens is 416 g/mol. The van der Waals surface area contributed by atoms with Crippen LogP contribution in [0, 0.1) is 0 Å². The van der Waals surface area contributed by atoms with Crippen molar-refractivity contribution in [3.05, 3.63) is 95.1 Å². The summed E-state index contributed by atoms with van der Waals surface area (Å²) in [7, 11) is 0. The van der Waals surface area contributed by atoms with Gasteiger partial charge in [-0.05, 0) is 48.5 Å². The molecule has 0 saturated carbocycles. The molecule has 4 amide bonds. The number of phenolic OH excluding ortho intramolecular Hbond substituents is 2. The first-order chi connectivity index (χ1) is 15.4. The molecule has 3 aromatic rings. The summed E-state index contributed by atoms with van der Waals surface area (Å²) in [6, 6.07) is 17.1. The highest BCUT2D eigenvalue weighted by Gasteiger charge is 2.14. The Morgan fingerprint density at radius 3 is 1.12 bits per heavy atom. The van der Waals surface area contributed by atoms with Crippen LogP contribution in [0.1, 0.15) is 41.4 Å². The van der Waals surface area contributed by atoms with Crippen LogP contribution in [0.5, 0.6) is 11.5 Å². The van der Waals surface area contributed by atoms with Crippen molar-refractivity contribution in [1.82, 2.24) is 21.7 Å². The highest BCUT2D eigenvalue weighted by Crippen LogP contribution is 2.15. The van der Waals surface area contributed by atoms with Crippen molar-refractivity contribution in [1.29, 1.82) is 0 Å². The molecule has 0 aliphatic rings. The standard InChI is InChI=1S/C22H18N4O6/c27-17-7-3-1-5-15(17)21(31)25-23-19(29)13-9-11-14(12-10-13)20(30)24-26-22(32)16-6-2-4-8-18(16)28/h1-12,27-28H,(H,23,29)(H,24,30)(H,25,31)(H,26,32). The van der Waals surface area contributed by atoms with E-state index in [0.29, 0.717) is 0 Å². The maximum Gasteiger partial charge on any atom is 0.273 e. The lowest BCUT2D eigenvalue weighted by atomic mass is 10.1. The van der Waals surface area contributed by atoms with E-state index >= 15 is 0 Å². The van der Waals surface area contributed by atoms with E-state index in [2.05, 4.69) is 21.7 Å². The summed E-state index contributed by atoms with van der Waals surface area (Å²) in [5.74, 6) is -3.16. The van der Waals surface area contributed by atoms with Gasteiger partial charge in [0.05, 0.1) is 11.1 Å². The van der Waals surface area contributed by atoms with Gasteiger partial charge in [0.25, 0.3) is 23.6 Å². The van der Waals surface area contributed by atoms with E-state index in [1.54, 1.807) is 24.3 Å². The number of amides is 4. The van der Waals surface area contributed by atoms with Gasteiger partial charge in [-0.2, -0.15) is 0 Å². The number of hydrazine groups is 2. The molecule has 10 nitrogen and oxygen atoms in total. The van der Waals surface area contributed by atoms with E-state index in [0.717, 1.165) is 0 Å². The van der Waals surface area contributed by atoms with E-state index in [4.69, 9.17) is 0 Å². The normalized spacial score (nSPS) is 10.0. The zero-order valence-electron chi connectivity index (χ0n) is 16.5. The minimum atomic E-state index is -0.701. The fraction of sp³-hybridized carbons (Fsp3) is 0. The molecule has 0 saturated heterocycles. The summed E-state index contributed by atoms with van der Waals surface area (Å²) in [6.45, 7) is 0. The SMILES string of the molecule is O=C(NNC(=O)c1ccccc1O)c1ccc(C(=O)NNC(=O)c2ccccc2O)cc1. The van der Waals surface area contributed by atoms with Crippen LogP contribution < -0.4 is 21.7 Å². The first-order valence-electron chi connectivity index (χ1n) is 9.24. The third-order valence-electron chi connectivity index (χ3n) is 4.29. The van der Waals surface area contributed by atoms with E-state index in [-0.39, 0.29) is 33.8 Å². The maximum absolute atomic E-state index is 12.2. The third kappa shape index (κ3) is 5.19. The fourth-order valence-corrected chi connectivity index (χ4v) is 2.61. The maximum atomic E-state index is 12.2. The van der Waals surface area contributed by atoms with Crippen molar-refractivity contribution in [2.45, 2.75) is 0 Å². The Balaban J connectivity index is 1.53. The summed E-state index contributed by atoms with van der Waals surface area (Å²) >= 11 is 0. The van der Waals surface area contributed by atoms with Crippen LogP contribution in [0.25, 0.3) is 0 Å². The Hall–Kier alpha value is -4.86. The largest absolute Gasteiger partial charge is 0.507 e. The van der Waals surface area contributed by atoms with Crippen LogP contribution in [0.15, 0.2) is 72.8 Å². The van der Waals surface area contributed by atoms with Gasteiger partial charge in [0.1, 0.15) is 11.5 Å². The molecule has 0 radical (unpaired) electrons. The van der Waals surface area contributed by atoms with Crippen LogP contribution in [-0.4, -0.2) is 33.8 Å². The molecular formula is C22H18N4O6. The molecule has 10 heteroatoms. The quantitative estimate of drug-likeness (QED) is 0.339. The monoisotopic (exact) mass is 434 g/mol. The predicted octanol–water partition coefficient (Wildman–Crippen LogP) is 1.25. The number of rotatable bonds is 4. The first-order valence-corrected chi connectivity index (χ1v) is 9.24. The summed E-state index contributed by atoms with van der Waals surface area (Å²) in [4.78, 5) is 48.4. The Bertz CT molecular complexity index is 1080. The molecule has 32 heavy (non-hydrogen) atoms. The minimum absolute atomic E-state index is 0.00862. The second kappa shape index (κ2) is 9.76. The third-order valence-corrected chi connectivity index (χ3v) is 4.29. The average molecular weight is 434 g/mol. The van der Waals surface area contributed by atoms with Gasteiger partial charge in [0, 0.05) is 11.1 Å². The van der Waals surface area contributed by atoms with Gasteiger partial charge < -0.3 is 10.2 Å². The zero-order chi connectivity index (χ0) is 23.1. The molecule has 6 N–H and O–H groups in total. The van der Waals surface area contributed by atoms with E-state index < -0.39 is 23.6 Å². The number of benzene rings is 3. The lowest BCUT2D eigenvalue weighted by molar-refractivity contribution is 0.0843. The van der Waals surface area contributed by atoms with Crippen molar-refractivity contribution in [2.24, 2.45) is 0 Å². The van der Waals surface area contributed by atoms with Gasteiger partial charge in [-0.1, -0.05) is 24.3 Å². The van der Waals surface area contributed by atoms with Gasteiger partial charge in [0.2, 0.25) is 0 Å². The van der Waals surface area contributed by atoms with E-state index in [1.807, 2.05) is 0 Å². The van der Waals surface area contributed by atoms with E-state index in [1.165, 1.54) is 48.5 Å². The van der Waals surface area contributed by atoms with Crippen LogP contribution in [0.4, 0.5) is 0 Å². The number of hydrogen-bond donors (Lipinski definition) is 6. The molecule has 0 aliphatic heterocycles. The lowest BCUT2D eigenvalue weighted by Crippen LogP contribution is -2.42. The fourth-order valence-electron chi connectivity index (χ4n) is 2.61. The molecule has 0 atom stereocenters. The molecule has 0 fully saturated rings. The van der Waals surface area contributed by atoms with Crippen molar-refractivity contribution in [3.63, 3.8) is 0 Å². The number of aromatic hydroxyl groups is 2. The molecule has 162 valence electrons. The Kier molecular flexibility index (Phi) is 6.66. The van der Waals surface area contributed by atoms with Gasteiger partial charge in [-0.25, -0.2) is 0 Å². The highest BCUT2D eigenvalue weighted by molar-refractivity contribution is 6.02. The lowest BCUT2D eigenvalue weighted by Gasteiger charge is -2.10. The molecule has 0 unspecified atom stereocenters. The molecule has 3 rings (SSSR count). The first kappa shape index (κ1) is 21.8.